The van der Waals surface area contributed by atoms with Crippen LogP contribution in [0.2, 0.25) is 0 Å². The molecule has 3 rings (SSSR count). The van der Waals surface area contributed by atoms with E-state index in [1.54, 1.807) is 20.8 Å². The molecule has 0 aromatic rings. The highest BCUT2D eigenvalue weighted by atomic mass is 19.4. The third kappa shape index (κ3) is 5.41. The van der Waals surface area contributed by atoms with E-state index in [1.165, 1.54) is 4.90 Å². The minimum atomic E-state index is -5.14. The molecule has 0 bridgehead atoms. The number of amides is 4. The molecule has 0 aromatic heterocycles. The lowest BCUT2D eigenvalue weighted by atomic mass is 9.85. The van der Waals surface area contributed by atoms with Gasteiger partial charge >= 0.3 is 12.1 Å². The summed E-state index contributed by atoms with van der Waals surface area (Å²) in [7, 11) is 0. The van der Waals surface area contributed by atoms with Gasteiger partial charge in [0.25, 0.3) is 0 Å². The first-order valence-corrected chi connectivity index (χ1v) is 12.0. The minimum absolute atomic E-state index is 0.0121. The number of carbonyl (C=O) groups is 4. The van der Waals surface area contributed by atoms with E-state index in [9.17, 15) is 32.3 Å². The van der Waals surface area contributed by atoms with Gasteiger partial charge in [-0.1, -0.05) is 34.6 Å². The largest absolute Gasteiger partial charge is 0.471 e. The second kappa shape index (κ2) is 9.25. The number of piperidine rings is 1. The molecule has 1 saturated carbocycles. The summed E-state index contributed by atoms with van der Waals surface area (Å²) >= 11 is 0. The predicted octanol–water partition coefficient (Wildman–Crippen LogP) is 0.532. The molecule has 12 heteroatoms. The van der Waals surface area contributed by atoms with Gasteiger partial charge in [-0.2, -0.15) is 13.2 Å². The van der Waals surface area contributed by atoms with Crippen LogP contribution in [-0.2, 0) is 19.2 Å². The molecule has 6 atom stereocenters. The summed E-state index contributed by atoms with van der Waals surface area (Å²) < 4.78 is 38.8. The Morgan fingerprint density at radius 2 is 1.83 bits per heavy atom. The number of alkyl halides is 3. The first-order valence-electron chi connectivity index (χ1n) is 12.0. The number of nitrogens with one attached hydrogen (secondary N) is 3. The maximum atomic E-state index is 13.5. The summed E-state index contributed by atoms with van der Waals surface area (Å²) in [5, 5.41) is 7.46. The maximum Gasteiger partial charge on any atom is 0.471 e. The van der Waals surface area contributed by atoms with Crippen LogP contribution in [0.15, 0.2) is 0 Å². The van der Waals surface area contributed by atoms with Crippen LogP contribution in [0.1, 0.15) is 47.5 Å². The molecule has 198 valence electrons. The second-order valence-corrected chi connectivity index (χ2v) is 11.6. The summed E-state index contributed by atoms with van der Waals surface area (Å²) in [5.74, 6) is -3.88. The fourth-order valence-corrected chi connectivity index (χ4v) is 5.55. The number of fused-ring (bicyclic) bond motifs is 1. The molecule has 9 nitrogen and oxygen atoms in total. The van der Waals surface area contributed by atoms with E-state index in [0.717, 1.165) is 0 Å². The molecule has 2 aliphatic heterocycles. The van der Waals surface area contributed by atoms with Gasteiger partial charge in [-0.3, -0.25) is 19.2 Å². The highest BCUT2D eigenvalue weighted by molar-refractivity contribution is 5.95. The van der Waals surface area contributed by atoms with Gasteiger partial charge in [0, 0.05) is 31.6 Å². The second-order valence-electron chi connectivity index (χ2n) is 11.6. The Hall–Kier alpha value is -2.37. The molecule has 3 fully saturated rings. The van der Waals surface area contributed by atoms with Gasteiger partial charge in [-0.15, -0.1) is 0 Å². The Bertz CT molecular complexity index is 885. The van der Waals surface area contributed by atoms with Crippen molar-refractivity contribution in [2.75, 3.05) is 19.6 Å². The van der Waals surface area contributed by atoms with E-state index >= 15 is 0 Å². The number of nitrogens with zero attached hydrogens (tertiary/aromatic N) is 1. The van der Waals surface area contributed by atoms with Gasteiger partial charge in [0.1, 0.15) is 12.1 Å². The van der Waals surface area contributed by atoms with E-state index < -0.39 is 47.4 Å². The molecule has 2 saturated heterocycles. The zero-order valence-electron chi connectivity index (χ0n) is 20.8. The Labute approximate surface area is 203 Å². The summed E-state index contributed by atoms with van der Waals surface area (Å²) in [6.07, 6.45) is -4.14. The molecule has 0 unspecified atom stereocenters. The van der Waals surface area contributed by atoms with Crippen LogP contribution in [0.5, 0.6) is 0 Å². The summed E-state index contributed by atoms with van der Waals surface area (Å²) in [6.45, 7) is 9.51. The first kappa shape index (κ1) is 27.2. The van der Waals surface area contributed by atoms with Gasteiger partial charge in [0.05, 0.1) is 0 Å². The SMILES string of the molecule is CC(C)(C)[C@H](NC(=O)C(F)(F)F)C(=O)N1C[C@H]2[C@@H]([C@H]1C(=O)N[C@H](CN)C[C@@H]1CCNC1=O)C2(C)C. The van der Waals surface area contributed by atoms with Crippen molar-refractivity contribution in [1.29, 1.82) is 0 Å². The topological polar surface area (TPSA) is 134 Å². The van der Waals surface area contributed by atoms with Crippen LogP contribution in [-0.4, -0.2) is 72.5 Å². The van der Waals surface area contributed by atoms with Gasteiger partial charge < -0.3 is 26.6 Å². The fraction of sp³-hybridized carbons (Fsp3) is 0.826. The first-order chi connectivity index (χ1) is 16.0. The van der Waals surface area contributed by atoms with Crippen LogP contribution in [0, 0.1) is 28.6 Å². The molecule has 2 heterocycles. The summed E-state index contributed by atoms with van der Waals surface area (Å²) in [4.78, 5) is 51.9. The fourth-order valence-electron chi connectivity index (χ4n) is 5.55. The molecule has 4 amide bonds. The number of likely N-dealkylation sites (tertiary alicyclic amines) is 1. The van der Waals surface area contributed by atoms with Crippen LogP contribution in [0.3, 0.4) is 0 Å². The Morgan fingerprint density at radius 1 is 1.20 bits per heavy atom. The lowest BCUT2D eigenvalue weighted by Crippen LogP contribution is -2.61. The van der Waals surface area contributed by atoms with Gasteiger partial charge in [-0.25, -0.2) is 0 Å². The number of rotatable bonds is 7. The zero-order valence-corrected chi connectivity index (χ0v) is 20.8. The highest BCUT2D eigenvalue weighted by Crippen LogP contribution is 2.65. The molecule has 3 aliphatic rings. The van der Waals surface area contributed by atoms with E-state index in [-0.39, 0.29) is 42.2 Å². The summed E-state index contributed by atoms with van der Waals surface area (Å²) in [5.41, 5.74) is 4.61. The van der Waals surface area contributed by atoms with Crippen molar-refractivity contribution >= 4 is 23.6 Å². The average Bonchev–Trinajstić information content (AvgIpc) is 3.10. The van der Waals surface area contributed by atoms with E-state index in [0.29, 0.717) is 19.4 Å². The molecular formula is C23H36F3N5O4. The van der Waals surface area contributed by atoms with Crippen LogP contribution < -0.4 is 21.7 Å². The van der Waals surface area contributed by atoms with Crippen LogP contribution in [0.4, 0.5) is 13.2 Å². The molecule has 0 aromatic carbocycles. The van der Waals surface area contributed by atoms with E-state index in [4.69, 9.17) is 5.73 Å². The third-order valence-electron chi connectivity index (χ3n) is 7.77. The van der Waals surface area contributed by atoms with Crippen LogP contribution in [0.25, 0.3) is 0 Å². The third-order valence-corrected chi connectivity index (χ3v) is 7.77. The van der Waals surface area contributed by atoms with Crippen molar-refractivity contribution in [3.8, 4) is 0 Å². The molecule has 0 spiro atoms. The molecule has 5 N–H and O–H groups in total. The average molecular weight is 504 g/mol. The number of carbonyl (C=O) groups excluding carboxylic acids is 4. The monoisotopic (exact) mass is 503 g/mol. The quantitative estimate of drug-likeness (QED) is 0.402. The van der Waals surface area contributed by atoms with Crippen molar-refractivity contribution in [1.82, 2.24) is 20.9 Å². The number of hydrogen-bond acceptors (Lipinski definition) is 5. The Kier molecular flexibility index (Phi) is 7.20. The lowest BCUT2D eigenvalue weighted by Gasteiger charge is -2.38. The Morgan fingerprint density at radius 3 is 2.31 bits per heavy atom. The summed E-state index contributed by atoms with van der Waals surface area (Å²) in [6, 6.07) is -2.86. The lowest BCUT2D eigenvalue weighted by molar-refractivity contribution is -0.176. The number of hydrogen-bond donors (Lipinski definition) is 4. The van der Waals surface area contributed by atoms with Crippen LogP contribution >= 0.6 is 0 Å². The molecule has 35 heavy (non-hydrogen) atoms. The number of nitrogens with two attached hydrogens (primary N) is 1. The highest BCUT2D eigenvalue weighted by Gasteiger charge is 2.70. The van der Waals surface area contributed by atoms with Gasteiger partial charge in [0.15, 0.2) is 0 Å². The normalized spacial score (nSPS) is 29.2. The Balaban J connectivity index is 1.80. The maximum absolute atomic E-state index is 13.5. The van der Waals surface area contributed by atoms with Crippen molar-refractivity contribution in [3.63, 3.8) is 0 Å². The molecule has 1 aliphatic carbocycles. The zero-order chi connectivity index (χ0) is 26.5. The van der Waals surface area contributed by atoms with E-state index in [1.807, 2.05) is 19.2 Å². The van der Waals surface area contributed by atoms with Gasteiger partial charge in [0.2, 0.25) is 17.7 Å². The van der Waals surface area contributed by atoms with Gasteiger partial charge in [-0.05, 0) is 35.5 Å². The van der Waals surface area contributed by atoms with Crippen molar-refractivity contribution in [2.24, 2.45) is 34.3 Å². The van der Waals surface area contributed by atoms with Crippen molar-refractivity contribution in [3.05, 3.63) is 0 Å². The van der Waals surface area contributed by atoms with E-state index in [2.05, 4.69) is 10.6 Å². The number of halogens is 3. The molecular weight excluding hydrogens is 467 g/mol. The smallest absolute Gasteiger partial charge is 0.356 e. The minimum Gasteiger partial charge on any atom is -0.356 e. The standard InChI is InChI=1S/C23H36F3N5O4/c1-21(2,3)16(30-20(35)23(24,25)26)19(34)31-10-13-14(22(13,4)5)15(31)18(33)29-12(9-27)8-11-6-7-28-17(11)32/h11-16H,6-10,27H2,1-5H3,(H,28,32)(H,29,33)(H,30,35)/t11-,12-,13-,14-,15-,16+/m0/s1. The molecule has 0 radical (unpaired) electrons. The van der Waals surface area contributed by atoms with Crippen molar-refractivity contribution in [2.45, 2.75) is 71.8 Å². The van der Waals surface area contributed by atoms with Crippen molar-refractivity contribution < 1.29 is 32.3 Å². The predicted molar refractivity (Wildman–Crippen MR) is 120 cm³/mol.